The summed E-state index contributed by atoms with van der Waals surface area (Å²) >= 11 is 3.47. The normalized spacial score (nSPS) is 18.3. The van der Waals surface area contributed by atoms with Gasteiger partial charge in [0.1, 0.15) is 0 Å². The van der Waals surface area contributed by atoms with E-state index in [0.29, 0.717) is 0 Å². The van der Waals surface area contributed by atoms with Crippen LogP contribution in [0.25, 0.3) is 0 Å². The van der Waals surface area contributed by atoms with Crippen molar-refractivity contribution in [3.8, 4) is 0 Å². The Hall–Kier alpha value is -0.630. The van der Waals surface area contributed by atoms with Crippen molar-refractivity contribution in [3.05, 3.63) is 35.4 Å². The van der Waals surface area contributed by atoms with Gasteiger partial charge in [-0.1, -0.05) is 39.7 Å². The fourth-order valence-electron chi connectivity index (χ4n) is 1.38. The summed E-state index contributed by atoms with van der Waals surface area (Å²) in [5.74, 6) is 0.233. The van der Waals surface area contributed by atoms with E-state index in [0.717, 1.165) is 24.0 Å². The summed E-state index contributed by atoms with van der Waals surface area (Å²) in [6.07, 6.45) is 1.94. The zero-order chi connectivity index (χ0) is 9.47. The number of hydrogen-bond acceptors (Lipinski definition) is 1. The molecule has 0 radical (unpaired) electrons. The molecular formula is C11H11BrO. The molecule has 0 atom stereocenters. The quantitative estimate of drug-likeness (QED) is 0.572. The lowest BCUT2D eigenvalue weighted by Crippen LogP contribution is -2.14. The van der Waals surface area contributed by atoms with E-state index in [9.17, 15) is 4.79 Å². The summed E-state index contributed by atoms with van der Waals surface area (Å²) in [4.78, 5) is 11.8. The molecule has 68 valence electrons. The van der Waals surface area contributed by atoms with Gasteiger partial charge in [0, 0.05) is 5.56 Å². The van der Waals surface area contributed by atoms with Gasteiger partial charge in [0.2, 0.25) is 0 Å². The van der Waals surface area contributed by atoms with Crippen molar-refractivity contribution >= 4 is 21.7 Å². The third-order valence-corrected chi connectivity index (χ3v) is 3.53. The number of benzene rings is 1. The molecule has 0 bridgehead atoms. The van der Waals surface area contributed by atoms with Crippen molar-refractivity contribution < 1.29 is 4.79 Å². The molecule has 1 aliphatic rings. The zero-order valence-electron chi connectivity index (χ0n) is 7.51. The molecule has 2 heteroatoms. The van der Waals surface area contributed by atoms with Gasteiger partial charge in [0.05, 0.1) is 4.32 Å². The van der Waals surface area contributed by atoms with Crippen molar-refractivity contribution in [2.75, 3.05) is 0 Å². The minimum absolute atomic E-state index is 0.221. The van der Waals surface area contributed by atoms with E-state index in [1.165, 1.54) is 0 Å². The van der Waals surface area contributed by atoms with Gasteiger partial charge in [-0.2, -0.15) is 0 Å². The van der Waals surface area contributed by atoms with Crippen LogP contribution < -0.4 is 0 Å². The van der Waals surface area contributed by atoms with Crippen LogP contribution in [0.5, 0.6) is 0 Å². The molecule has 13 heavy (non-hydrogen) atoms. The van der Waals surface area contributed by atoms with Crippen LogP contribution in [0, 0.1) is 6.92 Å². The molecular weight excluding hydrogens is 228 g/mol. The molecule has 0 saturated heterocycles. The minimum atomic E-state index is -0.221. The predicted molar refractivity (Wildman–Crippen MR) is 56.4 cm³/mol. The maximum absolute atomic E-state index is 11.8. The Morgan fingerprint density at radius 3 is 2.69 bits per heavy atom. The monoisotopic (exact) mass is 238 g/mol. The standard InChI is InChI=1S/C11H11BrO/c1-8-3-2-4-9(7-8)10(13)11(12)5-6-11/h2-4,7H,5-6H2,1H3. The van der Waals surface area contributed by atoms with Crippen LogP contribution in [0.15, 0.2) is 24.3 Å². The second kappa shape index (κ2) is 2.95. The second-order valence-corrected chi connectivity index (χ2v) is 5.18. The Kier molecular flexibility index (Phi) is 2.03. The fourth-order valence-corrected chi connectivity index (χ4v) is 1.81. The van der Waals surface area contributed by atoms with E-state index in [2.05, 4.69) is 15.9 Å². The van der Waals surface area contributed by atoms with Gasteiger partial charge in [-0.25, -0.2) is 0 Å². The van der Waals surface area contributed by atoms with E-state index in [4.69, 9.17) is 0 Å². The Balaban J connectivity index is 2.30. The molecule has 1 saturated carbocycles. The van der Waals surface area contributed by atoms with Crippen LogP contribution in [-0.2, 0) is 0 Å². The topological polar surface area (TPSA) is 17.1 Å². The number of aryl methyl sites for hydroxylation is 1. The fraction of sp³-hybridized carbons (Fsp3) is 0.364. The van der Waals surface area contributed by atoms with E-state index in [-0.39, 0.29) is 10.1 Å². The van der Waals surface area contributed by atoms with Gasteiger partial charge < -0.3 is 0 Å². The summed E-state index contributed by atoms with van der Waals surface area (Å²) < 4.78 is -0.221. The van der Waals surface area contributed by atoms with Gasteiger partial charge >= 0.3 is 0 Å². The Morgan fingerprint density at radius 2 is 2.15 bits per heavy atom. The molecule has 1 aromatic rings. The van der Waals surface area contributed by atoms with Gasteiger partial charge in [-0.3, -0.25) is 4.79 Å². The number of hydrogen-bond donors (Lipinski definition) is 0. The largest absolute Gasteiger partial charge is 0.293 e. The maximum Gasteiger partial charge on any atom is 0.179 e. The average Bonchev–Trinajstić information content (AvgIpc) is 2.84. The zero-order valence-corrected chi connectivity index (χ0v) is 9.10. The van der Waals surface area contributed by atoms with E-state index < -0.39 is 0 Å². The number of rotatable bonds is 2. The highest BCUT2D eigenvalue weighted by Crippen LogP contribution is 2.46. The van der Waals surface area contributed by atoms with Crippen LogP contribution in [0.1, 0.15) is 28.8 Å². The first kappa shape index (κ1) is 8.95. The minimum Gasteiger partial charge on any atom is -0.293 e. The number of alkyl halides is 1. The van der Waals surface area contributed by atoms with E-state index >= 15 is 0 Å². The number of carbonyl (C=O) groups excluding carboxylic acids is 1. The molecule has 1 aliphatic carbocycles. The molecule has 0 N–H and O–H groups in total. The van der Waals surface area contributed by atoms with Gasteiger partial charge in [-0.15, -0.1) is 0 Å². The van der Waals surface area contributed by atoms with Crippen molar-refractivity contribution in [1.82, 2.24) is 0 Å². The number of carbonyl (C=O) groups is 1. The van der Waals surface area contributed by atoms with Crippen LogP contribution in [0.2, 0.25) is 0 Å². The molecule has 0 unspecified atom stereocenters. The Morgan fingerprint density at radius 1 is 1.46 bits per heavy atom. The van der Waals surface area contributed by atoms with Crippen molar-refractivity contribution in [3.63, 3.8) is 0 Å². The van der Waals surface area contributed by atoms with Gasteiger partial charge in [0.25, 0.3) is 0 Å². The Bertz CT molecular complexity index is 353. The highest BCUT2D eigenvalue weighted by molar-refractivity contribution is 9.10. The lowest BCUT2D eigenvalue weighted by Gasteiger charge is -2.05. The third kappa shape index (κ3) is 1.68. The van der Waals surface area contributed by atoms with Crippen molar-refractivity contribution in [2.24, 2.45) is 0 Å². The Labute approximate surface area is 86.3 Å². The molecule has 0 spiro atoms. The predicted octanol–water partition coefficient (Wildman–Crippen LogP) is 3.11. The number of halogens is 1. The van der Waals surface area contributed by atoms with E-state index in [1.807, 2.05) is 31.2 Å². The molecule has 0 amide bonds. The summed E-state index contributed by atoms with van der Waals surface area (Å²) in [6, 6.07) is 7.77. The smallest absolute Gasteiger partial charge is 0.179 e. The van der Waals surface area contributed by atoms with E-state index in [1.54, 1.807) is 0 Å². The first-order valence-electron chi connectivity index (χ1n) is 4.42. The van der Waals surface area contributed by atoms with Crippen LogP contribution in [0.3, 0.4) is 0 Å². The first-order valence-corrected chi connectivity index (χ1v) is 5.21. The van der Waals surface area contributed by atoms with Gasteiger partial charge in [-0.05, 0) is 25.8 Å². The van der Waals surface area contributed by atoms with Crippen LogP contribution in [0.4, 0.5) is 0 Å². The molecule has 0 aliphatic heterocycles. The van der Waals surface area contributed by atoms with Gasteiger partial charge in [0.15, 0.2) is 5.78 Å². The van der Waals surface area contributed by atoms with Crippen LogP contribution in [-0.4, -0.2) is 10.1 Å². The first-order chi connectivity index (χ1) is 6.12. The maximum atomic E-state index is 11.8. The number of ketones is 1. The van der Waals surface area contributed by atoms with Crippen molar-refractivity contribution in [1.29, 1.82) is 0 Å². The summed E-state index contributed by atoms with van der Waals surface area (Å²) in [5.41, 5.74) is 1.97. The SMILES string of the molecule is Cc1cccc(C(=O)C2(Br)CC2)c1. The molecule has 1 aromatic carbocycles. The summed E-state index contributed by atoms with van der Waals surface area (Å²) in [6.45, 7) is 2.00. The number of Topliss-reactive ketones (excluding diaryl/α,β-unsaturated/α-hetero) is 1. The summed E-state index contributed by atoms with van der Waals surface area (Å²) in [7, 11) is 0. The third-order valence-electron chi connectivity index (χ3n) is 2.38. The van der Waals surface area contributed by atoms with Crippen molar-refractivity contribution in [2.45, 2.75) is 24.1 Å². The van der Waals surface area contributed by atoms with Crippen LogP contribution >= 0.6 is 15.9 Å². The summed E-state index contributed by atoms with van der Waals surface area (Å²) in [5, 5.41) is 0. The lowest BCUT2D eigenvalue weighted by molar-refractivity contribution is 0.0983. The molecule has 0 heterocycles. The second-order valence-electron chi connectivity index (χ2n) is 3.66. The average molecular weight is 239 g/mol. The molecule has 2 rings (SSSR count). The lowest BCUT2D eigenvalue weighted by atomic mass is 10.1. The molecule has 0 aromatic heterocycles. The molecule has 1 nitrogen and oxygen atoms in total. The highest BCUT2D eigenvalue weighted by Gasteiger charge is 2.47. The highest BCUT2D eigenvalue weighted by atomic mass is 79.9. The molecule has 1 fully saturated rings.